The van der Waals surface area contributed by atoms with E-state index in [0.717, 1.165) is 6.20 Å². The van der Waals surface area contributed by atoms with Crippen LogP contribution in [-0.2, 0) is 11.0 Å². The zero-order valence-corrected chi connectivity index (χ0v) is 19.7. The summed E-state index contributed by atoms with van der Waals surface area (Å²) in [4.78, 5) is 23.6. The first-order valence-electron chi connectivity index (χ1n) is 10.4. The number of anilines is 3. The summed E-state index contributed by atoms with van der Waals surface area (Å²) in [5.41, 5.74) is -0.453. The average molecular weight is 505 g/mol. The van der Waals surface area contributed by atoms with Gasteiger partial charge in [-0.05, 0) is 51.1 Å². The van der Waals surface area contributed by atoms with Crippen molar-refractivity contribution in [2.75, 3.05) is 50.9 Å². The molecule has 0 spiro atoms. The van der Waals surface area contributed by atoms with Gasteiger partial charge in [0.05, 0.1) is 16.6 Å². The molecule has 0 radical (unpaired) electrons. The summed E-state index contributed by atoms with van der Waals surface area (Å²) in [5.74, 6) is -0.130. The van der Waals surface area contributed by atoms with E-state index in [1.807, 2.05) is 19.0 Å². The second kappa shape index (κ2) is 10.8. The van der Waals surface area contributed by atoms with Crippen LogP contribution >= 0.6 is 23.2 Å². The molecule has 3 rings (SSSR count). The van der Waals surface area contributed by atoms with Gasteiger partial charge in [-0.1, -0.05) is 23.2 Å². The van der Waals surface area contributed by atoms with Crippen LogP contribution in [0.25, 0.3) is 0 Å². The van der Waals surface area contributed by atoms with E-state index in [-0.39, 0.29) is 23.6 Å². The highest BCUT2D eigenvalue weighted by atomic mass is 35.5. The normalized spacial score (nSPS) is 15.1. The lowest BCUT2D eigenvalue weighted by atomic mass is 9.96. The number of nitrogens with one attached hydrogen (secondary N) is 2. The van der Waals surface area contributed by atoms with Gasteiger partial charge in [-0.25, -0.2) is 4.98 Å². The smallest absolute Gasteiger partial charge is 0.369 e. The number of aromatic nitrogens is 2. The highest BCUT2D eigenvalue weighted by Gasteiger charge is 2.35. The van der Waals surface area contributed by atoms with Crippen molar-refractivity contribution in [1.29, 1.82) is 0 Å². The molecule has 1 saturated heterocycles. The maximum Gasteiger partial charge on any atom is 0.421 e. The number of halogens is 5. The fraction of sp³-hybridized carbons (Fsp3) is 0.476. The number of likely N-dealkylation sites (tertiary alicyclic amines) is 1. The third-order valence-corrected chi connectivity index (χ3v) is 5.99. The SMILES string of the molecule is CN(C)CC(=O)N1CCC(CNc2nc(Nc3ccc(Cl)c(Cl)c3)ncc2C(F)(F)F)CC1. The molecular weight excluding hydrogens is 480 g/mol. The minimum absolute atomic E-state index is 0.00649. The largest absolute Gasteiger partial charge is 0.421 e. The highest BCUT2D eigenvalue weighted by molar-refractivity contribution is 6.42. The van der Waals surface area contributed by atoms with Crippen LogP contribution in [0.1, 0.15) is 18.4 Å². The predicted molar refractivity (Wildman–Crippen MR) is 123 cm³/mol. The van der Waals surface area contributed by atoms with Crippen molar-refractivity contribution >= 4 is 46.6 Å². The molecule has 0 aliphatic carbocycles. The molecule has 2 N–H and O–H groups in total. The lowest BCUT2D eigenvalue weighted by Crippen LogP contribution is -2.43. The Morgan fingerprint density at radius 3 is 2.52 bits per heavy atom. The summed E-state index contributed by atoms with van der Waals surface area (Å²) >= 11 is 11.9. The Balaban J connectivity index is 1.66. The minimum Gasteiger partial charge on any atom is -0.369 e. The topological polar surface area (TPSA) is 73.4 Å². The van der Waals surface area contributed by atoms with Gasteiger partial charge in [0.15, 0.2) is 0 Å². The summed E-state index contributed by atoms with van der Waals surface area (Å²) in [5, 5.41) is 6.33. The number of hydrogen-bond acceptors (Lipinski definition) is 6. The first-order chi connectivity index (χ1) is 15.5. The molecule has 2 aromatic rings. The number of benzene rings is 1. The molecule has 2 heterocycles. The zero-order valence-electron chi connectivity index (χ0n) is 18.2. The van der Waals surface area contributed by atoms with E-state index in [0.29, 0.717) is 54.8 Å². The summed E-state index contributed by atoms with van der Waals surface area (Å²) in [6, 6.07) is 4.71. The average Bonchev–Trinajstić information content (AvgIpc) is 2.74. The molecule has 1 aliphatic rings. The number of nitrogens with zero attached hydrogens (tertiary/aromatic N) is 4. The molecule has 0 unspecified atom stereocenters. The summed E-state index contributed by atoms with van der Waals surface area (Å²) in [6.07, 6.45) is -2.45. The van der Waals surface area contributed by atoms with Crippen LogP contribution in [0.4, 0.5) is 30.6 Å². The van der Waals surface area contributed by atoms with Crippen LogP contribution in [-0.4, -0.2) is 65.9 Å². The van der Waals surface area contributed by atoms with E-state index in [4.69, 9.17) is 23.2 Å². The van der Waals surface area contributed by atoms with E-state index < -0.39 is 11.7 Å². The van der Waals surface area contributed by atoms with Crippen LogP contribution in [0.15, 0.2) is 24.4 Å². The lowest BCUT2D eigenvalue weighted by molar-refractivity contribution is -0.137. The predicted octanol–water partition coefficient (Wildman–Crippen LogP) is 4.76. The molecule has 33 heavy (non-hydrogen) atoms. The van der Waals surface area contributed by atoms with Crippen molar-refractivity contribution in [1.82, 2.24) is 19.8 Å². The van der Waals surface area contributed by atoms with Gasteiger partial charge >= 0.3 is 6.18 Å². The quantitative estimate of drug-likeness (QED) is 0.566. The van der Waals surface area contributed by atoms with Crippen LogP contribution in [0.5, 0.6) is 0 Å². The van der Waals surface area contributed by atoms with Gasteiger partial charge in [-0.3, -0.25) is 4.79 Å². The molecule has 7 nitrogen and oxygen atoms in total. The van der Waals surface area contributed by atoms with E-state index in [9.17, 15) is 18.0 Å². The summed E-state index contributed by atoms with van der Waals surface area (Å²) in [7, 11) is 3.67. The number of piperidine rings is 1. The second-order valence-corrected chi connectivity index (χ2v) is 8.96. The maximum absolute atomic E-state index is 13.5. The highest BCUT2D eigenvalue weighted by Crippen LogP contribution is 2.35. The lowest BCUT2D eigenvalue weighted by Gasteiger charge is -2.33. The van der Waals surface area contributed by atoms with Gasteiger partial charge in [-0.2, -0.15) is 18.2 Å². The Morgan fingerprint density at radius 1 is 1.21 bits per heavy atom. The van der Waals surface area contributed by atoms with Crippen LogP contribution in [0.3, 0.4) is 0 Å². The number of rotatable bonds is 7. The Hall–Kier alpha value is -2.30. The van der Waals surface area contributed by atoms with Crippen molar-refractivity contribution in [3.8, 4) is 0 Å². The van der Waals surface area contributed by atoms with Gasteiger partial charge in [-0.15, -0.1) is 0 Å². The first kappa shape index (κ1) is 25.3. The van der Waals surface area contributed by atoms with Crippen LogP contribution in [0.2, 0.25) is 10.0 Å². The molecule has 1 aliphatic heterocycles. The number of likely N-dealkylation sites (N-methyl/N-ethyl adjacent to an activating group) is 1. The number of carbonyl (C=O) groups excluding carboxylic acids is 1. The molecule has 180 valence electrons. The molecule has 1 aromatic carbocycles. The van der Waals surface area contributed by atoms with Crippen molar-refractivity contribution in [3.05, 3.63) is 40.0 Å². The molecule has 1 fully saturated rings. The fourth-order valence-electron chi connectivity index (χ4n) is 3.49. The summed E-state index contributed by atoms with van der Waals surface area (Å²) < 4.78 is 40.5. The molecule has 0 bridgehead atoms. The van der Waals surface area contributed by atoms with Gasteiger partial charge in [0.25, 0.3) is 0 Å². The maximum atomic E-state index is 13.5. The van der Waals surface area contributed by atoms with E-state index >= 15 is 0 Å². The molecular formula is C21H25Cl2F3N6O. The first-order valence-corrected chi connectivity index (χ1v) is 11.1. The van der Waals surface area contributed by atoms with E-state index in [2.05, 4.69) is 20.6 Å². The molecule has 12 heteroatoms. The van der Waals surface area contributed by atoms with Crippen molar-refractivity contribution in [2.45, 2.75) is 19.0 Å². The van der Waals surface area contributed by atoms with Crippen molar-refractivity contribution < 1.29 is 18.0 Å². The van der Waals surface area contributed by atoms with Crippen LogP contribution < -0.4 is 10.6 Å². The zero-order chi connectivity index (χ0) is 24.2. The van der Waals surface area contributed by atoms with Gasteiger partial charge in [0.1, 0.15) is 11.4 Å². The third kappa shape index (κ3) is 7.09. The molecule has 0 atom stereocenters. The molecule has 1 amide bonds. The molecule has 0 saturated carbocycles. The van der Waals surface area contributed by atoms with Gasteiger partial charge < -0.3 is 20.4 Å². The molecule has 1 aromatic heterocycles. The Kier molecular flexibility index (Phi) is 8.25. The monoisotopic (exact) mass is 504 g/mol. The van der Waals surface area contributed by atoms with Crippen LogP contribution in [0, 0.1) is 5.92 Å². The Bertz CT molecular complexity index is 981. The number of alkyl halides is 3. The van der Waals surface area contributed by atoms with E-state index in [1.54, 1.807) is 17.0 Å². The number of amides is 1. The van der Waals surface area contributed by atoms with Gasteiger partial charge in [0.2, 0.25) is 11.9 Å². The third-order valence-electron chi connectivity index (χ3n) is 5.25. The van der Waals surface area contributed by atoms with E-state index in [1.165, 1.54) is 6.07 Å². The van der Waals surface area contributed by atoms with Crippen molar-refractivity contribution in [3.63, 3.8) is 0 Å². The van der Waals surface area contributed by atoms with Crippen molar-refractivity contribution in [2.24, 2.45) is 5.92 Å². The Morgan fingerprint density at radius 2 is 1.91 bits per heavy atom. The number of carbonyl (C=O) groups is 1. The Labute approximate surface area is 200 Å². The second-order valence-electron chi connectivity index (χ2n) is 8.15. The number of hydrogen-bond donors (Lipinski definition) is 2. The minimum atomic E-state index is -4.60. The standard InChI is InChI=1S/C21H25Cl2F3N6O/c1-31(2)12-18(33)32-7-5-13(6-8-32)10-27-19-15(21(24,25)26)11-28-20(30-19)29-14-3-4-16(22)17(23)9-14/h3-4,9,11,13H,5-8,10,12H2,1-2H3,(H2,27,28,29,30). The van der Waals surface area contributed by atoms with Gasteiger partial charge in [0, 0.05) is 31.5 Å². The fourth-order valence-corrected chi connectivity index (χ4v) is 3.78. The summed E-state index contributed by atoms with van der Waals surface area (Å²) in [6.45, 7) is 1.81.